The van der Waals surface area contributed by atoms with Gasteiger partial charge in [0, 0.05) is 11.1 Å². The minimum Gasteiger partial charge on any atom is -0.508 e. The van der Waals surface area contributed by atoms with Crippen LogP contribution in [0.3, 0.4) is 0 Å². The molecule has 0 spiro atoms. The number of methoxy groups -OCH3 is 1. The Morgan fingerprint density at radius 1 is 1.38 bits per heavy atom. The summed E-state index contributed by atoms with van der Waals surface area (Å²) in [5, 5.41) is 9.90. The highest BCUT2D eigenvalue weighted by Gasteiger charge is 2.20. The molecule has 0 unspecified atom stereocenters. The molecular formula is C14H20O2. The van der Waals surface area contributed by atoms with Gasteiger partial charge in [-0.1, -0.05) is 26.8 Å². The number of benzene rings is 1. The number of phenolic OH excluding ortho intramolecular Hbond substituents is 1. The van der Waals surface area contributed by atoms with Gasteiger partial charge in [-0.25, -0.2) is 0 Å². The van der Waals surface area contributed by atoms with E-state index in [1.165, 1.54) is 0 Å². The highest BCUT2D eigenvalue weighted by atomic mass is 16.5. The van der Waals surface area contributed by atoms with E-state index in [1.807, 2.05) is 6.07 Å². The van der Waals surface area contributed by atoms with Crippen LogP contribution in [0.4, 0.5) is 0 Å². The fourth-order valence-electron chi connectivity index (χ4n) is 1.68. The van der Waals surface area contributed by atoms with Crippen LogP contribution in [0.1, 0.15) is 31.9 Å². The smallest absolute Gasteiger partial charge is 0.123 e. The number of ether oxygens (including phenoxy) is 1. The van der Waals surface area contributed by atoms with Gasteiger partial charge in [-0.15, -0.1) is 6.58 Å². The summed E-state index contributed by atoms with van der Waals surface area (Å²) in [6.45, 7) is 9.96. The van der Waals surface area contributed by atoms with Crippen LogP contribution in [0, 0.1) is 0 Å². The molecule has 0 heterocycles. The van der Waals surface area contributed by atoms with Gasteiger partial charge in [0.05, 0.1) is 7.11 Å². The van der Waals surface area contributed by atoms with Gasteiger partial charge < -0.3 is 9.84 Å². The summed E-state index contributed by atoms with van der Waals surface area (Å²) < 4.78 is 5.37. The van der Waals surface area contributed by atoms with Gasteiger partial charge in [0.25, 0.3) is 0 Å². The SMILES string of the molecule is C=CCc1cc(OC)c(C(C)(C)C)cc1O. The molecule has 0 aromatic heterocycles. The predicted octanol–water partition coefficient (Wildman–Crippen LogP) is 3.43. The van der Waals surface area contributed by atoms with Crippen LogP contribution in [-0.4, -0.2) is 12.2 Å². The summed E-state index contributed by atoms with van der Waals surface area (Å²) in [6, 6.07) is 3.68. The summed E-state index contributed by atoms with van der Waals surface area (Å²) >= 11 is 0. The van der Waals surface area contributed by atoms with Crippen molar-refractivity contribution in [3.05, 3.63) is 35.9 Å². The quantitative estimate of drug-likeness (QED) is 0.791. The maximum Gasteiger partial charge on any atom is 0.123 e. The first kappa shape index (κ1) is 12.6. The Balaban J connectivity index is 3.32. The summed E-state index contributed by atoms with van der Waals surface area (Å²) in [7, 11) is 1.65. The monoisotopic (exact) mass is 220 g/mol. The fourth-order valence-corrected chi connectivity index (χ4v) is 1.68. The fraction of sp³-hybridized carbons (Fsp3) is 0.429. The van der Waals surface area contributed by atoms with E-state index in [2.05, 4.69) is 27.4 Å². The van der Waals surface area contributed by atoms with E-state index in [1.54, 1.807) is 19.3 Å². The third kappa shape index (κ3) is 2.57. The second-order valence-electron chi connectivity index (χ2n) is 4.92. The van der Waals surface area contributed by atoms with Gasteiger partial charge >= 0.3 is 0 Å². The van der Waals surface area contributed by atoms with Crippen LogP contribution in [0.5, 0.6) is 11.5 Å². The lowest BCUT2D eigenvalue weighted by Gasteiger charge is -2.23. The number of rotatable bonds is 3. The average molecular weight is 220 g/mol. The highest BCUT2D eigenvalue weighted by Crippen LogP contribution is 2.36. The molecule has 2 heteroatoms. The minimum atomic E-state index is -0.0461. The molecule has 16 heavy (non-hydrogen) atoms. The number of hydrogen-bond donors (Lipinski definition) is 1. The van der Waals surface area contributed by atoms with Gasteiger partial charge in [0.1, 0.15) is 11.5 Å². The van der Waals surface area contributed by atoms with E-state index in [0.29, 0.717) is 12.2 Å². The van der Waals surface area contributed by atoms with E-state index >= 15 is 0 Å². The topological polar surface area (TPSA) is 29.5 Å². The molecule has 0 saturated carbocycles. The molecule has 0 radical (unpaired) electrons. The third-order valence-electron chi connectivity index (χ3n) is 2.57. The molecule has 0 aliphatic rings. The maximum absolute atomic E-state index is 9.90. The molecule has 0 aliphatic carbocycles. The molecule has 0 fully saturated rings. The number of hydrogen-bond acceptors (Lipinski definition) is 2. The zero-order valence-electron chi connectivity index (χ0n) is 10.5. The van der Waals surface area contributed by atoms with Gasteiger partial charge in [0.2, 0.25) is 0 Å². The number of phenols is 1. The van der Waals surface area contributed by atoms with Crippen molar-refractivity contribution < 1.29 is 9.84 Å². The Morgan fingerprint density at radius 3 is 2.44 bits per heavy atom. The molecule has 0 amide bonds. The van der Waals surface area contributed by atoms with Gasteiger partial charge in [-0.05, 0) is 24.0 Å². The molecule has 1 aromatic carbocycles. The average Bonchev–Trinajstić information content (AvgIpc) is 2.19. The van der Waals surface area contributed by atoms with Gasteiger partial charge in [-0.2, -0.15) is 0 Å². The van der Waals surface area contributed by atoms with E-state index in [9.17, 15) is 5.11 Å². The molecule has 1 aromatic rings. The molecule has 0 atom stereocenters. The molecule has 2 nitrogen and oxygen atoms in total. The normalized spacial score (nSPS) is 11.2. The van der Waals surface area contributed by atoms with Crippen LogP contribution in [0.25, 0.3) is 0 Å². The first-order chi connectivity index (χ1) is 7.40. The summed E-state index contributed by atoms with van der Waals surface area (Å²) in [5.41, 5.74) is 1.82. The van der Waals surface area contributed by atoms with Crippen molar-refractivity contribution in [3.8, 4) is 11.5 Å². The molecule has 0 saturated heterocycles. The lowest BCUT2D eigenvalue weighted by molar-refractivity contribution is 0.392. The summed E-state index contributed by atoms with van der Waals surface area (Å²) in [5.74, 6) is 1.13. The van der Waals surface area contributed by atoms with Crippen LogP contribution in [0.15, 0.2) is 24.8 Å². The highest BCUT2D eigenvalue weighted by molar-refractivity contribution is 5.49. The molecule has 1 rings (SSSR count). The van der Waals surface area contributed by atoms with Crippen molar-refractivity contribution in [1.29, 1.82) is 0 Å². The molecule has 1 N–H and O–H groups in total. The number of allylic oxidation sites excluding steroid dienone is 1. The number of aromatic hydroxyl groups is 1. The summed E-state index contributed by atoms with van der Waals surface area (Å²) in [6.07, 6.45) is 2.41. The third-order valence-corrected chi connectivity index (χ3v) is 2.57. The second kappa shape index (κ2) is 4.60. The van der Waals surface area contributed by atoms with E-state index in [-0.39, 0.29) is 5.41 Å². The van der Waals surface area contributed by atoms with E-state index < -0.39 is 0 Å². The van der Waals surface area contributed by atoms with Crippen LogP contribution >= 0.6 is 0 Å². The van der Waals surface area contributed by atoms with Crippen LogP contribution in [0.2, 0.25) is 0 Å². The first-order valence-corrected chi connectivity index (χ1v) is 5.41. The van der Waals surface area contributed by atoms with E-state index in [0.717, 1.165) is 16.9 Å². The molecular weight excluding hydrogens is 200 g/mol. The maximum atomic E-state index is 9.90. The Morgan fingerprint density at radius 2 is 2.00 bits per heavy atom. The van der Waals surface area contributed by atoms with Crippen LogP contribution in [-0.2, 0) is 11.8 Å². The largest absolute Gasteiger partial charge is 0.508 e. The second-order valence-corrected chi connectivity index (χ2v) is 4.92. The van der Waals surface area contributed by atoms with Crippen molar-refractivity contribution in [2.45, 2.75) is 32.6 Å². The Labute approximate surface area is 97.6 Å². The van der Waals surface area contributed by atoms with Crippen LogP contribution < -0.4 is 4.74 Å². The lowest BCUT2D eigenvalue weighted by Crippen LogP contribution is -2.13. The first-order valence-electron chi connectivity index (χ1n) is 5.41. The Kier molecular flexibility index (Phi) is 3.63. The summed E-state index contributed by atoms with van der Waals surface area (Å²) in [4.78, 5) is 0. The van der Waals surface area contributed by atoms with Crippen molar-refractivity contribution in [2.24, 2.45) is 0 Å². The van der Waals surface area contributed by atoms with Gasteiger partial charge in [-0.3, -0.25) is 0 Å². The zero-order chi connectivity index (χ0) is 12.3. The van der Waals surface area contributed by atoms with Gasteiger partial charge in [0.15, 0.2) is 0 Å². The predicted molar refractivity (Wildman–Crippen MR) is 67.3 cm³/mol. The van der Waals surface area contributed by atoms with E-state index in [4.69, 9.17) is 4.74 Å². The van der Waals surface area contributed by atoms with Crippen molar-refractivity contribution in [1.82, 2.24) is 0 Å². The van der Waals surface area contributed by atoms with Crippen molar-refractivity contribution in [2.75, 3.05) is 7.11 Å². The van der Waals surface area contributed by atoms with Crippen molar-refractivity contribution in [3.63, 3.8) is 0 Å². The lowest BCUT2D eigenvalue weighted by atomic mass is 9.85. The molecule has 0 aliphatic heterocycles. The standard InChI is InChI=1S/C14H20O2/c1-6-7-10-8-13(16-5)11(9-12(10)15)14(2,3)4/h6,8-9,15H,1,7H2,2-5H3. The Hall–Kier alpha value is -1.44. The Bertz CT molecular complexity index is 386. The van der Waals surface area contributed by atoms with Crippen molar-refractivity contribution >= 4 is 0 Å². The molecule has 0 bridgehead atoms. The minimum absolute atomic E-state index is 0.0461. The molecule has 88 valence electrons. The zero-order valence-corrected chi connectivity index (χ0v) is 10.5.